The summed E-state index contributed by atoms with van der Waals surface area (Å²) in [6, 6.07) is 0. The topological polar surface area (TPSA) is 60.9 Å². The molecule has 0 spiro atoms. The lowest BCUT2D eigenvalue weighted by atomic mass is 10.1. The SMILES string of the molecule is CC(C)CCCN1CCN(C(=O)CC(=O)O)CC1. The molecule has 104 valence electrons. The van der Waals surface area contributed by atoms with E-state index in [1.807, 2.05) is 0 Å². The fourth-order valence-electron chi connectivity index (χ4n) is 2.19. The molecule has 1 fully saturated rings. The van der Waals surface area contributed by atoms with Crippen molar-refractivity contribution in [3.63, 3.8) is 0 Å². The Balaban J connectivity index is 2.20. The molecule has 5 heteroatoms. The van der Waals surface area contributed by atoms with Crippen LogP contribution in [0.25, 0.3) is 0 Å². The first-order chi connectivity index (χ1) is 8.49. The van der Waals surface area contributed by atoms with E-state index in [0.29, 0.717) is 13.1 Å². The van der Waals surface area contributed by atoms with Gasteiger partial charge in [0, 0.05) is 26.2 Å². The summed E-state index contributed by atoms with van der Waals surface area (Å²) in [4.78, 5) is 26.0. The van der Waals surface area contributed by atoms with E-state index in [9.17, 15) is 9.59 Å². The van der Waals surface area contributed by atoms with E-state index in [-0.39, 0.29) is 12.3 Å². The van der Waals surface area contributed by atoms with Crippen molar-refractivity contribution < 1.29 is 14.7 Å². The van der Waals surface area contributed by atoms with Gasteiger partial charge in [0.25, 0.3) is 0 Å². The molecule has 1 heterocycles. The van der Waals surface area contributed by atoms with Crippen molar-refractivity contribution in [3.05, 3.63) is 0 Å². The van der Waals surface area contributed by atoms with Gasteiger partial charge in [-0.25, -0.2) is 0 Å². The molecule has 1 amide bonds. The Labute approximate surface area is 109 Å². The third-order valence-corrected chi connectivity index (χ3v) is 3.28. The summed E-state index contributed by atoms with van der Waals surface area (Å²) in [5, 5.41) is 8.58. The first-order valence-corrected chi connectivity index (χ1v) is 6.71. The predicted octanol–water partition coefficient (Wildman–Crippen LogP) is 1.04. The minimum atomic E-state index is -1.04. The second kappa shape index (κ2) is 7.36. The van der Waals surface area contributed by atoms with E-state index in [4.69, 9.17) is 5.11 Å². The highest BCUT2D eigenvalue weighted by atomic mass is 16.4. The summed E-state index contributed by atoms with van der Waals surface area (Å²) in [6.45, 7) is 8.58. The van der Waals surface area contributed by atoms with Crippen LogP contribution in [-0.2, 0) is 9.59 Å². The summed E-state index contributed by atoms with van der Waals surface area (Å²) in [6.07, 6.45) is 2.05. The van der Waals surface area contributed by atoms with Crippen LogP contribution in [0, 0.1) is 5.92 Å². The molecule has 0 aromatic rings. The molecule has 0 aromatic carbocycles. The number of hydrogen-bond donors (Lipinski definition) is 1. The van der Waals surface area contributed by atoms with Gasteiger partial charge in [0.15, 0.2) is 0 Å². The summed E-state index contributed by atoms with van der Waals surface area (Å²) in [7, 11) is 0. The Morgan fingerprint density at radius 3 is 2.28 bits per heavy atom. The number of rotatable bonds is 6. The van der Waals surface area contributed by atoms with Crippen molar-refractivity contribution in [2.75, 3.05) is 32.7 Å². The fourth-order valence-corrected chi connectivity index (χ4v) is 2.19. The van der Waals surface area contributed by atoms with Crippen LogP contribution in [0.2, 0.25) is 0 Å². The van der Waals surface area contributed by atoms with Crippen LogP contribution in [-0.4, -0.2) is 59.5 Å². The van der Waals surface area contributed by atoms with Crippen LogP contribution in [0.15, 0.2) is 0 Å². The maximum absolute atomic E-state index is 11.5. The zero-order valence-electron chi connectivity index (χ0n) is 11.4. The number of aliphatic carboxylic acids is 1. The molecule has 0 unspecified atom stereocenters. The molecule has 0 aromatic heterocycles. The minimum Gasteiger partial charge on any atom is -0.481 e. The van der Waals surface area contributed by atoms with Crippen molar-refractivity contribution in [1.82, 2.24) is 9.80 Å². The monoisotopic (exact) mass is 256 g/mol. The summed E-state index contributed by atoms with van der Waals surface area (Å²) >= 11 is 0. The average Bonchev–Trinajstić information content (AvgIpc) is 2.28. The highest BCUT2D eigenvalue weighted by Crippen LogP contribution is 2.08. The highest BCUT2D eigenvalue weighted by Gasteiger charge is 2.22. The summed E-state index contributed by atoms with van der Waals surface area (Å²) in [5.41, 5.74) is 0. The molecule has 18 heavy (non-hydrogen) atoms. The van der Waals surface area contributed by atoms with Gasteiger partial charge in [-0.3, -0.25) is 14.5 Å². The maximum Gasteiger partial charge on any atom is 0.312 e. The van der Waals surface area contributed by atoms with Gasteiger partial charge in [-0.1, -0.05) is 13.8 Å². The molecule has 1 rings (SSSR count). The lowest BCUT2D eigenvalue weighted by molar-refractivity contribution is -0.145. The Morgan fingerprint density at radius 2 is 1.78 bits per heavy atom. The van der Waals surface area contributed by atoms with Crippen LogP contribution in [0.4, 0.5) is 0 Å². The summed E-state index contributed by atoms with van der Waals surface area (Å²) < 4.78 is 0. The fraction of sp³-hybridized carbons (Fsp3) is 0.846. The molecule has 1 aliphatic rings. The van der Waals surface area contributed by atoms with E-state index in [0.717, 1.165) is 25.6 Å². The average molecular weight is 256 g/mol. The number of carbonyl (C=O) groups excluding carboxylic acids is 1. The van der Waals surface area contributed by atoms with Crippen molar-refractivity contribution in [3.8, 4) is 0 Å². The Morgan fingerprint density at radius 1 is 1.17 bits per heavy atom. The van der Waals surface area contributed by atoms with Gasteiger partial charge in [0.05, 0.1) is 0 Å². The molecule has 0 atom stereocenters. The Hall–Kier alpha value is -1.10. The van der Waals surface area contributed by atoms with E-state index < -0.39 is 5.97 Å². The van der Waals surface area contributed by atoms with E-state index in [2.05, 4.69) is 18.7 Å². The van der Waals surface area contributed by atoms with Gasteiger partial charge in [-0.05, 0) is 25.3 Å². The van der Waals surface area contributed by atoms with Crippen LogP contribution in [0.5, 0.6) is 0 Å². The van der Waals surface area contributed by atoms with E-state index >= 15 is 0 Å². The quantitative estimate of drug-likeness (QED) is 0.721. The van der Waals surface area contributed by atoms with Crippen LogP contribution >= 0.6 is 0 Å². The second-order valence-electron chi connectivity index (χ2n) is 5.33. The molecule has 0 bridgehead atoms. The number of carboxylic acids is 1. The largest absolute Gasteiger partial charge is 0.481 e. The second-order valence-corrected chi connectivity index (χ2v) is 5.33. The molecular formula is C13H24N2O3. The predicted molar refractivity (Wildman–Crippen MR) is 69.3 cm³/mol. The van der Waals surface area contributed by atoms with Crippen molar-refractivity contribution in [2.45, 2.75) is 33.1 Å². The zero-order chi connectivity index (χ0) is 13.5. The van der Waals surface area contributed by atoms with Gasteiger partial charge < -0.3 is 10.0 Å². The number of piperazine rings is 1. The molecule has 1 saturated heterocycles. The lowest BCUT2D eigenvalue weighted by Gasteiger charge is -2.34. The van der Waals surface area contributed by atoms with Crippen molar-refractivity contribution in [2.24, 2.45) is 5.92 Å². The number of nitrogens with zero attached hydrogens (tertiary/aromatic N) is 2. The van der Waals surface area contributed by atoms with Gasteiger partial charge >= 0.3 is 5.97 Å². The number of carbonyl (C=O) groups is 2. The van der Waals surface area contributed by atoms with E-state index in [1.54, 1.807) is 4.90 Å². The van der Waals surface area contributed by atoms with Crippen molar-refractivity contribution >= 4 is 11.9 Å². The van der Waals surface area contributed by atoms with Gasteiger partial charge in [0.1, 0.15) is 6.42 Å². The number of carboxylic acid groups (broad SMARTS) is 1. The first kappa shape index (κ1) is 15.0. The third kappa shape index (κ3) is 5.49. The molecule has 5 nitrogen and oxygen atoms in total. The van der Waals surface area contributed by atoms with Gasteiger partial charge in [-0.15, -0.1) is 0 Å². The zero-order valence-corrected chi connectivity index (χ0v) is 11.4. The molecular weight excluding hydrogens is 232 g/mol. The van der Waals surface area contributed by atoms with Gasteiger partial charge in [0.2, 0.25) is 5.91 Å². The van der Waals surface area contributed by atoms with Crippen LogP contribution < -0.4 is 0 Å². The molecule has 1 aliphatic heterocycles. The van der Waals surface area contributed by atoms with Crippen molar-refractivity contribution in [1.29, 1.82) is 0 Å². The highest BCUT2D eigenvalue weighted by molar-refractivity contribution is 5.93. The van der Waals surface area contributed by atoms with Crippen LogP contribution in [0.1, 0.15) is 33.1 Å². The molecule has 0 saturated carbocycles. The third-order valence-electron chi connectivity index (χ3n) is 3.28. The number of amides is 1. The maximum atomic E-state index is 11.5. The standard InChI is InChI=1S/C13H24N2O3/c1-11(2)4-3-5-14-6-8-15(9-7-14)12(16)10-13(17)18/h11H,3-10H2,1-2H3,(H,17,18). The smallest absolute Gasteiger partial charge is 0.312 e. The van der Waals surface area contributed by atoms with E-state index in [1.165, 1.54) is 12.8 Å². The molecule has 1 N–H and O–H groups in total. The first-order valence-electron chi connectivity index (χ1n) is 6.71. The van der Waals surface area contributed by atoms with Crippen LogP contribution in [0.3, 0.4) is 0 Å². The Bertz CT molecular complexity index is 284. The minimum absolute atomic E-state index is 0.260. The molecule has 0 radical (unpaired) electrons. The summed E-state index contributed by atoms with van der Waals surface area (Å²) in [5.74, 6) is -0.563. The Kier molecular flexibility index (Phi) is 6.12. The van der Waals surface area contributed by atoms with Gasteiger partial charge in [-0.2, -0.15) is 0 Å². The lowest BCUT2D eigenvalue weighted by Crippen LogP contribution is -2.49. The normalized spacial score (nSPS) is 17.2. The number of hydrogen-bond acceptors (Lipinski definition) is 3. The molecule has 0 aliphatic carbocycles.